The van der Waals surface area contributed by atoms with Crippen molar-refractivity contribution in [3.05, 3.63) is 89.5 Å². The van der Waals surface area contributed by atoms with Crippen molar-refractivity contribution in [3.63, 3.8) is 0 Å². The Morgan fingerprint density at radius 1 is 0.967 bits per heavy atom. The van der Waals surface area contributed by atoms with Crippen LogP contribution in [0.15, 0.2) is 83.8 Å². The lowest BCUT2D eigenvalue weighted by atomic mass is 10.1. The van der Waals surface area contributed by atoms with Crippen LogP contribution in [0, 0.1) is 0 Å². The van der Waals surface area contributed by atoms with Crippen molar-refractivity contribution in [1.29, 1.82) is 0 Å². The second-order valence-corrected chi connectivity index (χ2v) is 6.75. The van der Waals surface area contributed by atoms with E-state index in [-0.39, 0.29) is 24.6 Å². The van der Waals surface area contributed by atoms with Gasteiger partial charge in [0, 0.05) is 18.2 Å². The third kappa shape index (κ3) is 4.41. The van der Waals surface area contributed by atoms with Crippen LogP contribution >= 0.6 is 0 Å². The van der Waals surface area contributed by atoms with Gasteiger partial charge in [0.25, 0.3) is 0 Å². The van der Waals surface area contributed by atoms with Crippen molar-refractivity contribution in [2.24, 2.45) is 0 Å². The van der Waals surface area contributed by atoms with E-state index in [1.165, 1.54) is 9.08 Å². The van der Waals surface area contributed by atoms with E-state index in [1.807, 2.05) is 60.7 Å². The van der Waals surface area contributed by atoms with E-state index in [4.69, 9.17) is 4.74 Å². The smallest absolute Gasteiger partial charge is 0.350 e. The van der Waals surface area contributed by atoms with Crippen LogP contribution in [0.25, 0.3) is 16.8 Å². The van der Waals surface area contributed by atoms with Crippen molar-refractivity contribution in [1.82, 2.24) is 19.5 Å². The maximum atomic E-state index is 12.2. The van der Waals surface area contributed by atoms with Gasteiger partial charge in [-0.05, 0) is 23.8 Å². The van der Waals surface area contributed by atoms with E-state index < -0.39 is 0 Å². The molecule has 0 radical (unpaired) electrons. The number of ether oxygens (including phenoxy) is 1. The van der Waals surface area contributed by atoms with Crippen LogP contribution in [0.1, 0.15) is 6.42 Å². The zero-order chi connectivity index (χ0) is 20.8. The summed E-state index contributed by atoms with van der Waals surface area (Å²) < 4.78 is 8.64. The first kappa shape index (κ1) is 19.4. The molecular weight excluding hydrogens is 380 g/mol. The number of nitrogens with zero attached hydrogens (tertiary/aromatic N) is 3. The van der Waals surface area contributed by atoms with Crippen LogP contribution in [0.3, 0.4) is 0 Å². The first-order chi connectivity index (χ1) is 14.7. The van der Waals surface area contributed by atoms with Crippen LogP contribution in [0.5, 0.6) is 5.75 Å². The fraction of sp³-hybridized carbons (Fsp3) is 0.174. The minimum atomic E-state index is -0.251. The van der Waals surface area contributed by atoms with Gasteiger partial charge in [0.05, 0.1) is 13.1 Å². The summed E-state index contributed by atoms with van der Waals surface area (Å²) in [6.45, 7) is 0.954. The fourth-order valence-electron chi connectivity index (χ4n) is 3.21. The number of pyridine rings is 1. The Labute approximate surface area is 173 Å². The summed E-state index contributed by atoms with van der Waals surface area (Å²) >= 11 is 0. The topological polar surface area (TPSA) is 77.6 Å². The molecular formula is C23H22N4O3. The molecule has 2 aromatic heterocycles. The van der Waals surface area contributed by atoms with Gasteiger partial charge in [-0.15, -0.1) is 5.10 Å². The molecule has 0 aliphatic heterocycles. The highest BCUT2D eigenvalue weighted by Gasteiger charge is 2.09. The Kier molecular flexibility index (Phi) is 5.89. The molecule has 0 atom stereocenters. The largest absolute Gasteiger partial charge is 0.491 e. The lowest BCUT2D eigenvalue weighted by Crippen LogP contribution is -2.30. The number of aryl methyl sites for hydroxylation is 1. The summed E-state index contributed by atoms with van der Waals surface area (Å²) in [6.07, 6.45) is 1.83. The van der Waals surface area contributed by atoms with Crippen LogP contribution in [0.2, 0.25) is 0 Å². The highest BCUT2D eigenvalue weighted by atomic mass is 16.5. The van der Waals surface area contributed by atoms with Gasteiger partial charge in [-0.25, -0.2) is 9.48 Å². The average molecular weight is 402 g/mol. The summed E-state index contributed by atoms with van der Waals surface area (Å²) in [5.74, 6) is 0.619. The maximum Gasteiger partial charge on any atom is 0.350 e. The molecule has 0 unspecified atom stereocenters. The molecule has 1 N–H and O–H groups in total. The maximum absolute atomic E-state index is 12.2. The number of hydrogen-bond acceptors (Lipinski definition) is 4. The quantitative estimate of drug-likeness (QED) is 0.460. The third-order valence-corrected chi connectivity index (χ3v) is 4.69. The van der Waals surface area contributed by atoms with Crippen molar-refractivity contribution >= 4 is 11.6 Å². The van der Waals surface area contributed by atoms with Crippen LogP contribution in [-0.4, -0.2) is 33.2 Å². The van der Waals surface area contributed by atoms with E-state index >= 15 is 0 Å². The number of fused-ring (bicyclic) bond motifs is 1. The van der Waals surface area contributed by atoms with Gasteiger partial charge in [0.15, 0.2) is 5.65 Å². The zero-order valence-corrected chi connectivity index (χ0v) is 16.4. The lowest BCUT2D eigenvalue weighted by molar-refractivity contribution is -0.121. The lowest BCUT2D eigenvalue weighted by Gasteiger charge is -2.12. The number of benzene rings is 2. The Hall–Kier alpha value is -3.87. The molecule has 2 aromatic carbocycles. The van der Waals surface area contributed by atoms with Gasteiger partial charge in [0.2, 0.25) is 5.91 Å². The molecule has 0 fully saturated rings. The minimum absolute atomic E-state index is 0.154. The number of hydrogen-bond donors (Lipinski definition) is 1. The van der Waals surface area contributed by atoms with E-state index in [2.05, 4.69) is 10.4 Å². The number of amides is 1. The summed E-state index contributed by atoms with van der Waals surface area (Å²) in [7, 11) is 0. The van der Waals surface area contributed by atoms with Crippen LogP contribution < -0.4 is 15.7 Å². The molecule has 4 rings (SSSR count). The van der Waals surface area contributed by atoms with Gasteiger partial charge < -0.3 is 10.1 Å². The minimum Gasteiger partial charge on any atom is -0.491 e. The first-order valence-corrected chi connectivity index (χ1v) is 9.80. The number of carbonyl (C=O) groups excluding carboxylic acids is 1. The van der Waals surface area contributed by atoms with E-state index in [1.54, 1.807) is 18.3 Å². The molecule has 30 heavy (non-hydrogen) atoms. The number of rotatable bonds is 8. The van der Waals surface area contributed by atoms with Crippen molar-refractivity contribution in [2.75, 3.05) is 13.2 Å². The van der Waals surface area contributed by atoms with Gasteiger partial charge in [0.1, 0.15) is 12.4 Å². The third-order valence-electron chi connectivity index (χ3n) is 4.69. The van der Waals surface area contributed by atoms with Crippen LogP contribution in [0.4, 0.5) is 0 Å². The highest BCUT2D eigenvalue weighted by Crippen LogP contribution is 2.29. The monoisotopic (exact) mass is 402 g/mol. The van der Waals surface area contributed by atoms with Gasteiger partial charge >= 0.3 is 5.69 Å². The Balaban J connectivity index is 1.27. The number of para-hydroxylation sites is 1. The Morgan fingerprint density at radius 3 is 2.57 bits per heavy atom. The zero-order valence-electron chi connectivity index (χ0n) is 16.4. The molecule has 4 aromatic rings. The Morgan fingerprint density at radius 2 is 1.73 bits per heavy atom. The normalized spacial score (nSPS) is 10.8. The summed E-state index contributed by atoms with van der Waals surface area (Å²) in [5, 5.41) is 7.04. The van der Waals surface area contributed by atoms with E-state index in [0.29, 0.717) is 18.8 Å². The molecule has 0 spiro atoms. The molecule has 1 amide bonds. The SMILES string of the molecule is O=C(CCn1nc2ccccn2c1=O)NCCOc1ccccc1-c1ccccc1. The van der Waals surface area contributed by atoms with Crippen LogP contribution in [-0.2, 0) is 11.3 Å². The molecule has 7 heteroatoms. The van der Waals surface area contributed by atoms with Crippen molar-refractivity contribution in [3.8, 4) is 16.9 Å². The summed E-state index contributed by atoms with van der Waals surface area (Å²) in [5.41, 5.74) is 2.40. The second kappa shape index (κ2) is 9.09. The molecule has 0 bridgehead atoms. The van der Waals surface area contributed by atoms with Crippen molar-refractivity contribution < 1.29 is 9.53 Å². The molecule has 152 valence electrons. The summed E-state index contributed by atoms with van der Waals surface area (Å²) in [4.78, 5) is 24.3. The number of carbonyl (C=O) groups is 1. The van der Waals surface area contributed by atoms with E-state index in [0.717, 1.165) is 16.9 Å². The van der Waals surface area contributed by atoms with E-state index in [9.17, 15) is 9.59 Å². The predicted molar refractivity (Wildman–Crippen MR) is 114 cm³/mol. The average Bonchev–Trinajstić information content (AvgIpc) is 3.12. The van der Waals surface area contributed by atoms with Gasteiger partial charge in [-0.3, -0.25) is 9.20 Å². The van der Waals surface area contributed by atoms with Gasteiger partial charge in [-0.1, -0.05) is 54.6 Å². The Bertz CT molecular complexity index is 1200. The number of nitrogens with one attached hydrogen (secondary N) is 1. The molecule has 0 aliphatic rings. The second-order valence-electron chi connectivity index (χ2n) is 6.75. The number of aromatic nitrogens is 3. The fourth-order valence-corrected chi connectivity index (χ4v) is 3.21. The molecule has 0 aliphatic carbocycles. The molecule has 7 nitrogen and oxygen atoms in total. The van der Waals surface area contributed by atoms with Gasteiger partial charge in [-0.2, -0.15) is 0 Å². The highest BCUT2D eigenvalue weighted by molar-refractivity contribution is 5.75. The standard InChI is InChI=1S/C23H22N4O3/c28-22(13-16-27-23(29)26-15-7-6-12-21(26)25-27)24-14-17-30-20-11-5-4-10-19(20)18-8-2-1-3-9-18/h1-12,15H,13-14,16-17H2,(H,24,28). The first-order valence-electron chi connectivity index (χ1n) is 9.80. The molecule has 0 saturated carbocycles. The molecule has 2 heterocycles. The summed E-state index contributed by atoms with van der Waals surface area (Å²) in [6, 6.07) is 23.2. The predicted octanol–water partition coefficient (Wildman–Crippen LogP) is 2.75. The molecule has 0 saturated heterocycles. The van der Waals surface area contributed by atoms with Crippen molar-refractivity contribution in [2.45, 2.75) is 13.0 Å².